The van der Waals surface area contributed by atoms with E-state index in [0.717, 1.165) is 32.1 Å². The lowest BCUT2D eigenvalue weighted by Crippen LogP contribution is -2.49. The Kier molecular flexibility index (Phi) is 4.77. The molecule has 4 nitrogen and oxygen atoms in total. The minimum absolute atomic E-state index is 0.157. The Bertz CT molecular complexity index is 312. The smallest absolute Gasteiger partial charge is 0.333 e. The van der Waals surface area contributed by atoms with Gasteiger partial charge < -0.3 is 4.74 Å². The molecule has 1 aliphatic rings. The van der Waals surface area contributed by atoms with E-state index in [1.54, 1.807) is 5.01 Å². The van der Waals surface area contributed by atoms with Gasteiger partial charge in [-0.25, -0.2) is 4.79 Å². The van der Waals surface area contributed by atoms with Gasteiger partial charge in [0.25, 0.3) is 0 Å². The number of likely N-dealkylation sites (N-methyl/N-ethyl adjacent to an activating group) is 1. The zero-order chi connectivity index (χ0) is 13.8. The van der Waals surface area contributed by atoms with Crippen LogP contribution in [0.1, 0.15) is 52.9 Å². The molecule has 0 bridgehead atoms. The van der Waals surface area contributed by atoms with Crippen molar-refractivity contribution in [2.75, 3.05) is 14.2 Å². The Hall–Kier alpha value is -1.06. The van der Waals surface area contributed by atoms with E-state index in [0.29, 0.717) is 0 Å². The summed E-state index contributed by atoms with van der Waals surface area (Å²) >= 11 is 0. The molecule has 0 aliphatic heterocycles. The number of nitrogens with zero attached hydrogens (tertiary/aromatic N) is 2. The molecule has 0 aromatic rings. The Morgan fingerprint density at radius 3 is 2.39 bits per heavy atom. The van der Waals surface area contributed by atoms with Crippen LogP contribution in [0.25, 0.3) is 0 Å². The van der Waals surface area contributed by atoms with Gasteiger partial charge in [-0.3, -0.25) is 5.01 Å². The van der Waals surface area contributed by atoms with E-state index in [-0.39, 0.29) is 11.4 Å². The average molecular weight is 254 g/mol. The van der Waals surface area contributed by atoms with Crippen LogP contribution in [0.3, 0.4) is 0 Å². The van der Waals surface area contributed by atoms with Crippen LogP contribution in [0.4, 0.5) is 0 Å². The second-order valence-electron chi connectivity index (χ2n) is 6.32. The van der Waals surface area contributed by atoms with Crippen molar-refractivity contribution in [1.29, 1.82) is 0 Å². The molecule has 104 valence electrons. The number of esters is 1. The highest BCUT2D eigenvalue weighted by Gasteiger charge is 2.45. The summed E-state index contributed by atoms with van der Waals surface area (Å²) in [5, 5.41) is 6.24. The van der Waals surface area contributed by atoms with E-state index in [2.05, 4.69) is 25.9 Å². The molecular weight excluding hydrogens is 228 g/mol. The number of hydrazone groups is 1. The van der Waals surface area contributed by atoms with Crippen molar-refractivity contribution in [1.82, 2.24) is 5.01 Å². The van der Waals surface area contributed by atoms with Crippen molar-refractivity contribution in [3.8, 4) is 0 Å². The van der Waals surface area contributed by atoms with Gasteiger partial charge in [0.15, 0.2) is 5.54 Å². The quantitative estimate of drug-likeness (QED) is 0.440. The first-order chi connectivity index (χ1) is 8.32. The summed E-state index contributed by atoms with van der Waals surface area (Å²) < 4.78 is 4.95. The lowest BCUT2D eigenvalue weighted by molar-refractivity contribution is -0.154. The van der Waals surface area contributed by atoms with E-state index in [9.17, 15) is 4.79 Å². The van der Waals surface area contributed by atoms with Gasteiger partial charge in [0.2, 0.25) is 0 Å². The monoisotopic (exact) mass is 254 g/mol. The van der Waals surface area contributed by atoms with Crippen molar-refractivity contribution >= 4 is 12.2 Å². The van der Waals surface area contributed by atoms with Crippen LogP contribution >= 0.6 is 0 Å². The molecule has 1 rings (SSSR count). The SMILES string of the molecule is COC(=O)C1(N(C)/N=C/CC(C)(C)C)CCCC1. The number of methoxy groups -OCH3 is 1. The van der Waals surface area contributed by atoms with Gasteiger partial charge >= 0.3 is 5.97 Å². The molecule has 18 heavy (non-hydrogen) atoms. The number of rotatable bonds is 4. The zero-order valence-corrected chi connectivity index (χ0v) is 12.3. The second kappa shape index (κ2) is 5.72. The first-order valence-corrected chi connectivity index (χ1v) is 6.66. The lowest BCUT2D eigenvalue weighted by atomic mass is 9.93. The molecule has 0 atom stereocenters. The van der Waals surface area contributed by atoms with Crippen LogP contribution in [0.15, 0.2) is 5.10 Å². The van der Waals surface area contributed by atoms with E-state index in [1.807, 2.05) is 13.3 Å². The van der Waals surface area contributed by atoms with Crippen molar-refractivity contribution in [3.63, 3.8) is 0 Å². The van der Waals surface area contributed by atoms with Crippen molar-refractivity contribution in [2.24, 2.45) is 10.5 Å². The summed E-state index contributed by atoms with van der Waals surface area (Å²) in [7, 11) is 3.33. The summed E-state index contributed by atoms with van der Waals surface area (Å²) in [5.41, 5.74) is -0.318. The molecule has 1 aliphatic carbocycles. The van der Waals surface area contributed by atoms with Gasteiger partial charge in [0.1, 0.15) is 0 Å². The Morgan fingerprint density at radius 1 is 1.39 bits per heavy atom. The fourth-order valence-electron chi connectivity index (χ4n) is 2.36. The molecule has 0 N–H and O–H groups in total. The molecule has 0 radical (unpaired) electrons. The minimum atomic E-state index is -0.539. The van der Waals surface area contributed by atoms with Crippen molar-refractivity contribution in [2.45, 2.75) is 58.4 Å². The highest BCUT2D eigenvalue weighted by atomic mass is 16.5. The van der Waals surface area contributed by atoms with Gasteiger partial charge in [-0.05, 0) is 24.7 Å². The summed E-state index contributed by atoms with van der Waals surface area (Å²) in [6.07, 6.45) is 6.60. The van der Waals surface area contributed by atoms with Gasteiger partial charge in [0, 0.05) is 13.3 Å². The molecular formula is C14H26N2O2. The lowest BCUT2D eigenvalue weighted by Gasteiger charge is -2.33. The molecule has 0 amide bonds. The molecule has 0 saturated heterocycles. The van der Waals surface area contributed by atoms with Gasteiger partial charge in [0.05, 0.1) is 7.11 Å². The second-order valence-corrected chi connectivity index (χ2v) is 6.32. The van der Waals surface area contributed by atoms with Gasteiger partial charge in [-0.2, -0.15) is 5.10 Å². The molecule has 4 heteroatoms. The maximum Gasteiger partial charge on any atom is 0.333 e. The van der Waals surface area contributed by atoms with Gasteiger partial charge in [-0.1, -0.05) is 33.6 Å². The van der Waals surface area contributed by atoms with Crippen LogP contribution in [0.5, 0.6) is 0 Å². The molecule has 0 aromatic carbocycles. The summed E-state index contributed by atoms with van der Waals surface area (Å²) in [4.78, 5) is 12.0. The highest BCUT2D eigenvalue weighted by molar-refractivity contribution is 5.81. The maximum absolute atomic E-state index is 12.0. The Labute approximate surface area is 110 Å². The van der Waals surface area contributed by atoms with E-state index >= 15 is 0 Å². The third kappa shape index (κ3) is 3.47. The zero-order valence-electron chi connectivity index (χ0n) is 12.3. The molecule has 0 spiro atoms. The fraction of sp³-hybridized carbons (Fsp3) is 0.857. The minimum Gasteiger partial charge on any atom is -0.467 e. The number of hydrogen-bond acceptors (Lipinski definition) is 4. The molecule has 1 fully saturated rings. The number of ether oxygens (including phenoxy) is 1. The average Bonchev–Trinajstić information content (AvgIpc) is 2.76. The number of hydrogen-bond donors (Lipinski definition) is 0. The first kappa shape index (κ1) is 15.0. The molecule has 1 saturated carbocycles. The molecule has 0 aromatic heterocycles. The first-order valence-electron chi connectivity index (χ1n) is 6.66. The third-order valence-electron chi connectivity index (χ3n) is 3.57. The maximum atomic E-state index is 12.0. The van der Waals surface area contributed by atoms with Gasteiger partial charge in [-0.15, -0.1) is 0 Å². The topological polar surface area (TPSA) is 41.9 Å². The molecule has 0 heterocycles. The van der Waals surface area contributed by atoms with E-state index in [4.69, 9.17) is 4.74 Å². The number of carbonyl (C=O) groups is 1. The standard InChI is InChI=1S/C14H26N2O2/c1-13(2,3)10-11-15-16(4)14(12(17)18-5)8-6-7-9-14/h11H,6-10H2,1-5H3/b15-11+. The predicted molar refractivity (Wildman–Crippen MR) is 73.5 cm³/mol. The van der Waals surface area contributed by atoms with E-state index < -0.39 is 5.54 Å². The van der Waals surface area contributed by atoms with Crippen LogP contribution in [0.2, 0.25) is 0 Å². The normalized spacial score (nSPS) is 19.2. The largest absolute Gasteiger partial charge is 0.467 e. The fourth-order valence-corrected chi connectivity index (χ4v) is 2.36. The Morgan fingerprint density at radius 2 is 1.94 bits per heavy atom. The van der Waals surface area contributed by atoms with Crippen LogP contribution in [0, 0.1) is 5.41 Å². The molecule has 0 unspecified atom stereocenters. The predicted octanol–water partition coefficient (Wildman–Crippen LogP) is 2.83. The third-order valence-corrected chi connectivity index (χ3v) is 3.57. The van der Waals surface area contributed by atoms with E-state index in [1.165, 1.54) is 7.11 Å². The summed E-state index contributed by atoms with van der Waals surface area (Å²) in [6.45, 7) is 6.51. The Balaban J connectivity index is 2.72. The van der Waals surface area contributed by atoms with Crippen molar-refractivity contribution in [3.05, 3.63) is 0 Å². The summed E-state index contributed by atoms with van der Waals surface area (Å²) in [6, 6.07) is 0. The highest BCUT2D eigenvalue weighted by Crippen LogP contribution is 2.35. The van der Waals surface area contributed by atoms with Crippen molar-refractivity contribution < 1.29 is 9.53 Å². The van der Waals surface area contributed by atoms with Crippen LogP contribution in [-0.4, -0.2) is 36.9 Å². The van der Waals surface area contributed by atoms with Crippen LogP contribution < -0.4 is 0 Å². The number of carbonyl (C=O) groups excluding carboxylic acids is 1. The van der Waals surface area contributed by atoms with Crippen LogP contribution in [-0.2, 0) is 9.53 Å². The summed E-state index contributed by atoms with van der Waals surface area (Å²) in [5.74, 6) is -0.157.